The molecule has 1 heterocycles. The number of nitrogens with two attached hydrogens (primary N) is 1. The van der Waals surface area contributed by atoms with Gasteiger partial charge in [0.2, 0.25) is 0 Å². The summed E-state index contributed by atoms with van der Waals surface area (Å²) in [7, 11) is 1.33. The second-order valence-electron chi connectivity index (χ2n) is 4.57. The Morgan fingerprint density at radius 2 is 2.10 bits per heavy atom. The first-order chi connectivity index (χ1) is 9.51. The number of methoxy groups -OCH3 is 1. The summed E-state index contributed by atoms with van der Waals surface area (Å²) in [5, 5.41) is 3.26. The summed E-state index contributed by atoms with van der Waals surface area (Å²) in [5.74, 6) is 0.0726. The second kappa shape index (κ2) is 7.38. The van der Waals surface area contributed by atoms with Gasteiger partial charge in [0.25, 0.3) is 0 Å². The van der Waals surface area contributed by atoms with Crippen LogP contribution in [0.5, 0.6) is 0 Å². The Labute approximate surface area is 124 Å². The van der Waals surface area contributed by atoms with E-state index >= 15 is 0 Å². The third-order valence-electron chi connectivity index (χ3n) is 3.62. The van der Waals surface area contributed by atoms with Crippen molar-refractivity contribution in [1.82, 2.24) is 4.98 Å². The van der Waals surface area contributed by atoms with Gasteiger partial charge in [-0.05, 0) is 31.2 Å². The highest BCUT2D eigenvalue weighted by molar-refractivity contribution is 8.00. The minimum atomic E-state index is -0.463. The van der Waals surface area contributed by atoms with E-state index in [1.54, 1.807) is 12.1 Å². The van der Waals surface area contributed by atoms with Crippen LogP contribution in [0.1, 0.15) is 37.2 Å². The molecule has 0 bridgehead atoms. The minimum Gasteiger partial charge on any atom is -0.464 e. The van der Waals surface area contributed by atoms with Gasteiger partial charge >= 0.3 is 5.97 Å². The zero-order valence-corrected chi connectivity index (χ0v) is 13.3. The van der Waals surface area contributed by atoms with Gasteiger partial charge < -0.3 is 15.8 Å². The van der Waals surface area contributed by atoms with Gasteiger partial charge in [-0.2, -0.15) is 11.8 Å². The molecule has 0 aromatic carbocycles. The van der Waals surface area contributed by atoms with E-state index in [1.165, 1.54) is 7.11 Å². The lowest BCUT2D eigenvalue weighted by atomic mass is 10.0. The topological polar surface area (TPSA) is 77.2 Å². The molecule has 0 aliphatic heterocycles. The number of hydrogen-bond acceptors (Lipinski definition) is 6. The number of anilines is 2. The first-order valence-electron chi connectivity index (χ1n) is 6.65. The van der Waals surface area contributed by atoms with Crippen LogP contribution in [0.2, 0.25) is 0 Å². The van der Waals surface area contributed by atoms with Gasteiger partial charge in [0.05, 0.1) is 12.8 Å². The number of nitrogen functional groups attached to an aromatic ring is 1. The van der Waals surface area contributed by atoms with Crippen molar-refractivity contribution in [3.63, 3.8) is 0 Å². The molecule has 0 unspecified atom stereocenters. The lowest BCUT2D eigenvalue weighted by molar-refractivity contribution is 0.0594. The number of ether oxygens (including phenoxy) is 1. The highest BCUT2D eigenvalue weighted by atomic mass is 32.2. The number of carbonyl (C=O) groups is 1. The molecule has 1 aromatic heterocycles. The normalized spacial score (nSPS) is 11.2. The van der Waals surface area contributed by atoms with Crippen LogP contribution in [0.15, 0.2) is 12.1 Å². The standard InChI is InChI=1S/C14H23N3O2S/c1-5-14(6-2,20-4)9-16-12-10(15)7-8-11(17-12)13(18)19-3/h7-8H,5-6,9,15H2,1-4H3,(H,16,17). The monoisotopic (exact) mass is 297 g/mol. The van der Waals surface area contributed by atoms with E-state index in [9.17, 15) is 4.79 Å². The van der Waals surface area contributed by atoms with Gasteiger partial charge in [-0.1, -0.05) is 13.8 Å². The summed E-state index contributed by atoms with van der Waals surface area (Å²) in [5.41, 5.74) is 6.68. The van der Waals surface area contributed by atoms with Gasteiger partial charge in [-0.15, -0.1) is 0 Å². The van der Waals surface area contributed by atoms with Crippen molar-refractivity contribution in [2.24, 2.45) is 0 Å². The number of rotatable bonds is 7. The number of aromatic nitrogens is 1. The largest absolute Gasteiger partial charge is 0.464 e. The van der Waals surface area contributed by atoms with E-state index in [1.807, 2.05) is 11.8 Å². The fourth-order valence-electron chi connectivity index (χ4n) is 1.94. The predicted molar refractivity (Wildman–Crippen MR) is 85.3 cm³/mol. The summed E-state index contributed by atoms with van der Waals surface area (Å²) in [4.78, 5) is 15.7. The molecule has 0 saturated heterocycles. The zero-order valence-electron chi connectivity index (χ0n) is 12.5. The number of nitrogens with one attached hydrogen (secondary N) is 1. The molecule has 5 nitrogen and oxygen atoms in total. The Morgan fingerprint density at radius 1 is 1.45 bits per heavy atom. The van der Waals surface area contributed by atoms with Crippen molar-refractivity contribution in [2.45, 2.75) is 31.4 Å². The zero-order chi connectivity index (χ0) is 15.2. The lowest BCUT2D eigenvalue weighted by Gasteiger charge is -2.30. The van der Waals surface area contributed by atoms with E-state index in [4.69, 9.17) is 5.73 Å². The number of hydrogen-bond donors (Lipinski definition) is 2. The van der Waals surface area contributed by atoms with Crippen LogP contribution in [0, 0.1) is 0 Å². The van der Waals surface area contributed by atoms with Crippen molar-refractivity contribution in [1.29, 1.82) is 0 Å². The highest BCUT2D eigenvalue weighted by Gasteiger charge is 2.25. The molecule has 1 aromatic rings. The fourth-order valence-corrected chi connectivity index (χ4v) is 2.73. The van der Waals surface area contributed by atoms with Crippen molar-refractivity contribution in [2.75, 3.05) is 31.0 Å². The summed E-state index contributed by atoms with van der Waals surface area (Å²) in [6.07, 6.45) is 4.21. The van der Waals surface area contributed by atoms with Crippen LogP contribution < -0.4 is 11.1 Å². The number of pyridine rings is 1. The molecule has 0 atom stereocenters. The Kier molecular flexibility index (Phi) is 6.13. The summed E-state index contributed by atoms with van der Waals surface area (Å²) >= 11 is 1.83. The summed E-state index contributed by atoms with van der Waals surface area (Å²) in [6, 6.07) is 3.23. The van der Waals surface area contributed by atoms with Gasteiger partial charge in [-0.3, -0.25) is 0 Å². The fraction of sp³-hybridized carbons (Fsp3) is 0.571. The van der Waals surface area contributed by atoms with Crippen LogP contribution in [0.3, 0.4) is 0 Å². The first kappa shape index (κ1) is 16.6. The smallest absolute Gasteiger partial charge is 0.356 e. The van der Waals surface area contributed by atoms with E-state index in [-0.39, 0.29) is 10.4 Å². The Balaban J connectivity index is 2.89. The van der Waals surface area contributed by atoms with E-state index in [0.29, 0.717) is 11.5 Å². The van der Waals surface area contributed by atoms with Crippen LogP contribution in [0.25, 0.3) is 0 Å². The first-order valence-corrected chi connectivity index (χ1v) is 7.88. The van der Waals surface area contributed by atoms with Gasteiger partial charge in [0.1, 0.15) is 5.82 Å². The quantitative estimate of drug-likeness (QED) is 0.754. The third-order valence-corrected chi connectivity index (χ3v) is 5.21. The van der Waals surface area contributed by atoms with Crippen molar-refractivity contribution >= 4 is 29.2 Å². The number of nitrogens with zero attached hydrogens (tertiary/aromatic N) is 1. The second-order valence-corrected chi connectivity index (χ2v) is 5.85. The van der Waals surface area contributed by atoms with Crippen LogP contribution in [-0.4, -0.2) is 35.6 Å². The van der Waals surface area contributed by atoms with Crippen LogP contribution in [-0.2, 0) is 4.74 Å². The van der Waals surface area contributed by atoms with Gasteiger partial charge in [0, 0.05) is 11.3 Å². The molecule has 20 heavy (non-hydrogen) atoms. The molecule has 0 aliphatic carbocycles. The van der Waals surface area contributed by atoms with Crippen molar-refractivity contribution < 1.29 is 9.53 Å². The summed E-state index contributed by atoms with van der Waals surface area (Å²) < 4.78 is 4.81. The van der Waals surface area contributed by atoms with Crippen LogP contribution >= 0.6 is 11.8 Å². The van der Waals surface area contributed by atoms with E-state index in [2.05, 4.69) is 35.1 Å². The lowest BCUT2D eigenvalue weighted by Crippen LogP contribution is -2.32. The van der Waals surface area contributed by atoms with Gasteiger partial charge in [0.15, 0.2) is 5.69 Å². The highest BCUT2D eigenvalue weighted by Crippen LogP contribution is 2.31. The SMILES string of the molecule is CCC(CC)(CNc1nc(C(=O)OC)ccc1N)SC. The number of esters is 1. The molecular weight excluding hydrogens is 274 g/mol. The molecular formula is C14H23N3O2S. The summed E-state index contributed by atoms with van der Waals surface area (Å²) in [6.45, 7) is 5.09. The van der Waals surface area contributed by atoms with Crippen molar-refractivity contribution in [3.8, 4) is 0 Å². The molecule has 1 rings (SSSR count). The molecule has 6 heteroatoms. The molecule has 0 aliphatic rings. The van der Waals surface area contributed by atoms with Crippen molar-refractivity contribution in [3.05, 3.63) is 17.8 Å². The maximum atomic E-state index is 11.5. The molecule has 3 N–H and O–H groups in total. The van der Waals surface area contributed by atoms with Gasteiger partial charge in [-0.25, -0.2) is 9.78 Å². The average Bonchev–Trinajstić information content (AvgIpc) is 2.50. The molecule has 0 radical (unpaired) electrons. The number of thioether (sulfide) groups is 1. The Bertz CT molecular complexity index is 453. The Morgan fingerprint density at radius 3 is 2.60 bits per heavy atom. The Hall–Kier alpha value is -1.43. The number of carbonyl (C=O) groups excluding carboxylic acids is 1. The molecule has 0 fully saturated rings. The molecule has 0 spiro atoms. The molecule has 0 amide bonds. The average molecular weight is 297 g/mol. The molecule has 0 saturated carbocycles. The van der Waals surface area contributed by atoms with Crippen LogP contribution in [0.4, 0.5) is 11.5 Å². The van der Waals surface area contributed by atoms with E-state index < -0.39 is 5.97 Å². The third kappa shape index (κ3) is 3.79. The molecule has 112 valence electrons. The van der Waals surface area contributed by atoms with E-state index in [0.717, 1.165) is 19.4 Å². The predicted octanol–water partition coefficient (Wildman–Crippen LogP) is 2.78. The maximum Gasteiger partial charge on any atom is 0.356 e. The minimum absolute atomic E-state index is 0.148. The maximum absolute atomic E-state index is 11.5.